The van der Waals surface area contributed by atoms with Crippen LogP contribution in [0, 0.1) is 17.2 Å². The van der Waals surface area contributed by atoms with Crippen molar-refractivity contribution in [1.82, 2.24) is 4.90 Å². The summed E-state index contributed by atoms with van der Waals surface area (Å²) in [6.45, 7) is 1.95. The third kappa shape index (κ3) is 2.47. The first kappa shape index (κ1) is 9.50. The maximum Gasteiger partial charge on any atom is 0.0625 e. The van der Waals surface area contributed by atoms with Gasteiger partial charge in [-0.3, -0.25) is 0 Å². The summed E-state index contributed by atoms with van der Waals surface area (Å²) in [5.74, 6) is 0.194. The van der Waals surface area contributed by atoms with Gasteiger partial charge in [-0.15, -0.1) is 0 Å². The second kappa shape index (κ2) is 4.44. The molecule has 1 aliphatic heterocycles. The topological polar surface area (TPSA) is 47.3 Å². The van der Waals surface area contributed by atoms with Crippen molar-refractivity contribution in [2.24, 2.45) is 5.92 Å². The minimum Gasteiger partial charge on any atom is -0.393 e. The van der Waals surface area contributed by atoms with Crippen LogP contribution in [0.3, 0.4) is 0 Å². The molecule has 0 aromatic rings. The van der Waals surface area contributed by atoms with Crippen LogP contribution in [0.5, 0.6) is 0 Å². The molecule has 2 atom stereocenters. The Morgan fingerprint density at radius 3 is 2.83 bits per heavy atom. The van der Waals surface area contributed by atoms with Gasteiger partial charge in [0, 0.05) is 13.0 Å². The molecule has 0 aromatic carbocycles. The van der Waals surface area contributed by atoms with E-state index in [1.807, 2.05) is 0 Å². The van der Waals surface area contributed by atoms with Gasteiger partial charge in [0.05, 0.1) is 12.2 Å². The number of nitrogens with zero attached hydrogens (tertiary/aromatic N) is 2. The van der Waals surface area contributed by atoms with Gasteiger partial charge in [-0.2, -0.15) is 5.26 Å². The zero-order chi connectivity index (χ0) is 8.97. The van der Waals surface area contributed by atoms with Crippen LogP contribution < -0.4 is 0 Å². The highest BCUT2D eigenvalue weighted by molar-refractivity contribution is 4.83. The van der Waals surface area contributed by atoms with E-state index in [-0.39, 0.29) is 12.0 Å². The lowest BCUT2D eigenvalue weighted by atomic mass is 9.95. The first-order chi connectivity index (χ1) is 5.74. The molecule has 2 unspecified atom stereocenters. The van der Waals surface area contributed by atoms with Crippen molar-refractivity contribution in [3.8, 4) is 6.07 Å². The molecule has 1 fully saturated rings. The highest BCUT2D eigenvalue weighted by Gasteiger charge is 2.22. The van der Waals surface area contributed by atoms with Crippen LogP contribution in [-0.2, 0) is 0 Å². The normalized spacial score (nSPS) is 32.4. The van der Waals surface area contributed by atoms with Gasteiger partial charge < -0.3 is 10.0 Å². The van der Waals surface area contributed by atoms with Crippen molar-refractivity contribution in [2.75, 3.05) is 20.1 Å². The molecule has 1 rings (SSSR count). The Balaban J connectivity index is 2.45. The van der Waals surface area contributed by atoms with Crippen LogP contribution in [0.15, 0.2) is 0 Å². The van der Waals surface area contributed by atoms with Crippen molar-refractivity contribution >= 4 is 0 Å². The van der Waals surface area contributed by atoms with Gasteiger partial charge in [0.2, 0.25) is 0 Å². The van der Waals surface area contributed by atoms with Crippen LogP contribution >= 0.6 is 0 Å². The molecule has 0 saturated carbocycles. The zero-order valence-corrected chi connectivity index (χ0v) is 7.53. The molecule has 12 heavy (non-hydrogen) atoms. The number of rotatable bonds is 1. The smallest absolute Gasteiger partial charge is 0.0625 e. The second-order valence-electron chi connectivity index (χ2n) is 3.57. The summed E-state index contributed by atoms with van der Waals surface area (Å²) in [5, 5.41) is 18.1. The molecule has 0 aliphatic carbocycles. The number of aliphatic hydroxyl groups is 1. The van der Waals surface area contributed by atoms with E-state index >= 15 is 0 Å². The minimum atomic E-state index is -0.269. The highest BCUT2D eigenvalue weighted by Crippen LogP contribution is 2.19. The summed E-state index contributed by atoms with van der Waals surface area (Å²) in [5.41, 5.74) is 0. The van der Waals surface area contributed by atoms with Crippen molar-refractivity contribution in [3.63, 3.8) is 0 Å². The molecule has 1 saturated heterocycles. The summed E-state index contributed by atoms with van der Waals surface area (Å²) < 4.78 is 0. The average molecular weight is 168 g/mol. The molecule has 3 heteroatoms. The summed E-state index contributed by atoms with van der Waals surface area (Å²) in [6.07, 6.45) is 1.98. The highest BCUT2D eigenvalue weighted by atomic mass is 16.3. The average Bonchev–Trinajstić information content (AvgIpc) is 2.20. The molecule has 0 radical (unpaired) electrons. The van der Waals surface area contributed by atoms with Crippen LogP contribution in [0.25, 0.3) is 0 Å². The van der Waals surface area contributed by atoms with Crippen molar-refractivity contribution < 1.29 is 5.11 Å². The number of aliphatic hydroxyl groups excluding tert-OH is 1. The van der Waals surface area contributed by atoms with Gasteiger partial charge in [-0.1, -0.05) is 0 Å². The Bertz CT molecular complexity index is 176. The maximum absolute atomic E-state index is 9.62. The Morgan fingerprint density at radius 2 is 2.17 bits per heavy atom. The van der Waals surface area contributed by atoms with E-state index < -0.39 is 0 Å². The monoisotopic (exact) mass is 168 g/mol. The molecule has 1 N–H and O–H groups in total. The van der Waals surface area contributed by atoms with E-state index in [9.17, 15) is 5.11 Å². The zero-order valence-electron chi connectivity index (χ0n) is 7.53. The third-order valence-corrected chi connectivity index (χ3v) is 2.59. The lowest BCUT2D eigenvalue weighted by Gasteiger charge is -2.15. The molecular weight excluding hydrogens is 152 g/mol. The molecule has 0 bridgehead atoms. The van der Waals surface area contributed by atoms with Crippen molar-refractivity contribution in [3.05, 3.63) is 0 Å². The fourth-order valence-corrected chi connectivity index (χ4v) is 1.63. The van der Waals surface area contributed by atoms with Gasteiger partial charge in [0.15, 0.2) is 0 Å². The number of likely N-dealkylation sites (tertiary alicyclic amines) is 1. The van der Waals surface area contributed by atoms with Gasteiger partial charge >= 0.3 is 0 Å². The van der Waals surface area contributed by atoms with Crippen molar-refractivity contribution in [1.29, 1.82) is 5.26 Å². The lowest BCUT2D eigenvalue weighted by molar-refractivity contribution is 0.106. The van der Waals surface area contributed by atoms with Gasteiger partial charge in [0.25, 0.3) is 0 Å². The third-order valence-electron chi connectivity index (χ3n) is 2.59. The predicted molar refractivity (Wildman–Crippen MR) is 46.5 cm³/mol. The van der Waals surface area contributed by atoms with Gasteiger partial charge in [0.1, 0.15) is 0 Å². The van der Waals surface area contributed by atoms with Gasteiger partial charge in [-0.25, -0.2) is 0 Å². The molecule has 1 heterocycles. The van der Waals surface area contributed by atoms with Crippen LogP contribution in [0.4, 0.5) is 0 Å². The molecule has 1 aliphatic rings. The molecule has 0 spiro atoms. The minimum absolute atomic E-state index is 0.194. The molecule has 0 amide bonds. The van der Waals surface area contributed by atoms with E-state index in [2.05, 4.69) is 18.0 Å². The summed E-state index contributed by atoms with van der Waals surface area (Å²) in [7, 11) is 2.06. The molecule has 3 nitrogen and oxygen atoms in total. The summed E-state index contributed by atoms with van der Waals surface area (Å²) in [4.78, 5) is 2.21. The summed E-state index contributed by atoms with van der Waals surface area (Å²) >= 11 is 0. The maximum atomic E-state index is 9.62. The van der Waals surface area contributed by atoms with E-state index in [0.29, 0.717) is 6.42 Å². The van der Waals surface area contributed by atoms with E-state index in [4.69, 9.17) is 5.26 Å². The van der Waals surface area contributed by atoms with E-state index in [0.717, 1.165) is 25.9 Å². The molecular formula is C9H16N2O. The van der Waals surface area contributed by atoms with Gasteiger partial charge in [-0.05, 0) is 32.4 Å². The number of hydrogen-bond acceptors (Lipinski definition) is 3. The fourth-order valence-electron chi connectivity index (χ4n) is 1.63. The first-order valence-corrected chi connectivity index (χ1v) is 4.47. The Kier molecular flexibility index (Phi) is 3.51. The van der Waals surface area contributed by atoms with E-state index in [1.54, 1.807) is 0 Å². The van der Waals surface area contributed by atoms with Crippen molar-refractivity contribution in [2.45, 2.75) is 25.4 Å². The van der Waals surface area contributed by atoms with Crippen LogP contribution in [-0.4, -0.2) is 36.2 Å². The molecule has 68 valence electrons. The first-order valence-electron chi connectivity index (χ1n) is 4.47. The summed E-state index contributed by atoms with van der Waals surface area (Å²) in [6, 6.07) is 2.13. The Morgan fingerprint density at radius 1 is 1.50 bits per heavy atom. The quantitative estimate of drug-likeness (QED) is 0.623. The van der Waals surface area contributed by atoms with E-state index in [1.165, 1.54) is 0 Å². The Hall–Kier alpha value is -0.590. The standard InChI is InChI=1S/C9H16N2O/c1-11-6-3-8(2-5-10)9(12)4-7-11/h8-9,12H,2-4,6-7H2,1H3. The number of hydrogen-bond donors (Lipinski definition) is 1. The largest absolute Gasteiger partial charge is 0.393 e. The fraction of sp³-hybridized carbons (Fsp3) is 0.889. The number of nitriles is 1. The predicted octanol–water partition coefficient (Wildman–Crippen LogP) is 0.603. The Labute approximate surface area is 73.6 Å². The SMILES string of the molecule is CN1CCC(O)C(CC#N)CC1. The molecule has 0 aromatic heterocycles. The van der Waals surface area contributed by atoms with Crippen LogP contribution in [0.2, 0.25) is 0 Å². The lowest BCUT2D eigenvalue weighted by Crippen LogP contribution is -2.20. The second-order valence-corrected chi connectivity index (χ2v) is 3.57. The van der Waals surface area contributed by atoms with Crippen LogP contribution in [0.1, 0.15) is 19.3 Å².